The summed E-state index contributed by atoms with van der Waals surface area (Å²) in [5, 5.41) is 2.79. The average molecular weight is 250 g/mol. The molecule has 0 saturated carbocycles. The van der Waals surface area contributed by atoms with Crippen molar-refractivity contribution in [1.82, 2.24) is 16.2 Å². The van der Waals surface area contributed by atoms with Crippen molar-refractivity contribution in [3.05, 3.63) is 30.3 Å². The number of carbonyl (C=O) groups is 1. The molecule has 6 heteroatoms. The Bertz CT molecular complexity index is 385. The summed E-state index contributed by atoms with van der Waals surface area (Å²) < 4.78 is 5.46. The summed E-state index contributed by atoms with van der Waals surface area (Å²) in [6.45, 7) is 0.920. The van der Waals surface area contributed by atoms with Crippen molar-refractivity contribution in [3.8, 4) is 5.75 Å². The predicted octanol–water partition coefficient (Wildman–Crippen LogP) is -0.667. The van der Waals surface area contributed by atoms with Gasteiger partial charge in [0.2, 0.25) is 5.91 Å². The van der Waals surface area contributed by atoms with Crippen molar-refractivity contribution >= 4 is 5.91 Å². The van der Waals surface area contributed by atoms with Crippen LogP contribution in [-0.2, 0) is 4.79 Å². The summed E-state index contributed by atoms with van der Waals surface area (Å²) in [6, 6.07) is 9.23. The van der Waals surface area contributed by atoms with Gasteiger partial charge in [-0.1, -0.05) is 18.2 Å². The number of carbonyl (C=O) groups excluding carboxylic acids is 1. The minimum absolute atomic E-state index is 0.0629. The number of ether oxygens (including phenoxy) is 1. The van der Waals surface area contributed by atoms with Gasteiger partial charge < -0.3 is 15.8 Å². The van der Waals surface area contributed by atoms with Crippen LogP contribution in [0, 0.1) is 0 Å². The van der Waals surface area contributed by atoms with Crippen molar-refractivity contribution in [2.24, 2.45) is 5.73 Å². The van der Waals surface area contributed by atoms with Crippen LogP contribution in [0.15, 0.2) is 30.3 Å². The highest BCUT2D eigenvalue weighted by Crippen LogP contribution is 2.07. The number of rotatable bonds is 5. The Labute approximate surface area is 106 Å². The molecule has 1 heterocycles. The molecule has 1 saturated heterocycles. The van der Waals surface area contributed by atoms with Gasteiger partial charge in [-0.25, -0.2) is 10.9 Å². The Hall–Kier alpha value is -1.63. The monoisotopic (exact) mass is 250 g/mol. The smallest absolute Gasteiger partial charge is 0.238 e. The molecule has 1 aliphatic rings. The fourth-order valence-electron chi connectivity index (χ4n) is 1.74. The van der Waals surface area contributed by atoms with Crippen molar-refractivity contribution in [2.75, 3.05) is 13.2 Å². The Morgan fingerprint density at radius 1 is 1.39 bits per heavy atom. The number of hydrazine groups is 1. The quantitative estimate of drug-likeness (QED) is 0.521. The molecule has 1 amide bonds. The van der Waals surface area contributed by atoms with Gasteiger partial charge in [0, 0.05) is 6.42 Å². The maximum atomic E-state index is 11.7. The van der Waals surface area contributed by atoms with Crippen LogP contribution >= 0.6 is 0 Å². The summed E-state index contributed by atoms with van der Waals surface area (Å²) in [7, 11) is 0. The van der Waals surface area contributed by atoms with E-state index in [0.717, 1.165) is 5.75 Å². The van der Waals surface area contributed by atoms with Crippen molar-refractivity contribution < 1.29 is 9.53 Å². The first-order valence-electron chi connectivity index (χ1n) is 5.98. The topological polar surface area (TPSA) is 88.4 Å². The highest BCUT2D eigenvalue weighted by Gasteiger charge is 2.26. The normalized spacial score (nSPS) is 22.7. The fourth-order valence-corrected chi connectivity index (χ4v) is 1.74. The second kappa shape index (κ2) is 6.34. The van der Waals surface area contributed by atoms with Crippen LogP contribution in [-0.4, -0.2) is 31.3 Å². The van der Waals surface area contributed by atoms with Crippen LogP contribution in [0.3, 0.4) is 0 Å². The third kappa shape index (κ3) is 3.69. The number of benzene rings is 1. The molecular weight excluding hydrogens is 232 g/mol. The molecule has 2 rings (SSSR count). The summed E-state index contributed by atoms with van der Waals surface area (Å²) in [5.41, 5.74) is 11.3. The third-order valence-electron chi connectivity index (χ3n) is 2.66. The first-order chi connectivity index (χ1) is 8.75. The Kier molecular flexibility index (Phi) is 4.52. The highest BCUT2D eigenvalue weighted by molar-refractivity contribution is 5.81. The van der Waals surface area contributed by atoms with Crippen LogP contribution in [0.2, 0.25) is 0 Å². The van der Waals surface area contributed by atoms with Crippen LogP contribution in [0.5, 0.6) is 5.75 Å². The molecule has 0 spiro atoms. The van der Waals surface area contributed by atoms with E-state index >= 15 is 0 Å². The van der Waals surface area contributed by atoms with E-state index in [1.54, 1.807) is 0 Å². The largest absolute Gasteiger partial charge is 0.492 e. The van der Waals surface area contributed by atoms with E-state index in [-0.39, 0.29) is 18.1 Å². The van der Waals surface area contributed by atoms with Gasteiger partial charge in [-0.3, -0.25) is 4.79 Å². The molecule has 1 aliphatic heterocycles. The van der Waals surface area contributed by atoms with E-state index < -0.39 is 0 Å². The lowest BCUT2D eigenvalue weighted by atomic mass is 10.2. The van der Waals surface area contributed by atoms with Gasteiger partial charge >= 0.3 is 0 Å². The third-order valence-corrected chi connectivity index (χ3v) is 2.66. The number of nitrogens with two attached hydrogens (primary N) is 1. The molecule has 0 bridgehead atoms. The standard InChI is InChI=1S/C12H18N4O2/c13-11-8-10(15-16-11)12(17)14-6-7-18-9-4-2-1-3-5-9/h1-5,10-11,15-16H,6-8,13H2,(H,14,17). The summed E-state index contributed by atoms with van der Waals surface area (Å²) in [5.74, 6) is 0.738. The maximum Gasteiger partial charge on any atom is 0.238 e. The van der Waals surface area contributed by atoms with Gasteiger partial charge in [-0.2, -0.15) is 0 Å². The zero-order chi connectivity index (χ0) is 12.8. The van der Waals surface area contributed by atoms with Crippen LogP contribution in [0.1, 0.15) is 6.42 Å². The molecule has 2 atom stereocenters. The van der Waals surface area contributed by atoms with Gasteiger partial charge in [0.25, 0.3) is 0 Å². The molecule has 0 aromatic heterocycles. The van der Waals surface area contributed by atoms with Crippen molar-refractivity contribution in [3.63, 3.8) is 0 Å². The van der Waals surface area contributed by atoms with Gasteiger partial charge in [-0.05, 0) is 12.1 Å². The lowest BCUT2D eigenvalue weighted by Crippen LogP contribution is -2.44. The Balaban J connectivity index is 1.62. The van der Waals surface area contributed by atoms with Gasteiger partial charge in [0.05, 0.1) is 12.7 Å². The lowest BCUT2D eigenvalue weighted by Gasteiger charge is -2.11. The molecular formula is C12H18N4O2. The number of amides is 1. The second-order valence-corrected chi connectivity index (χ2v) is 4.14. The number of para-hydroxylation sites is 1. The molecule has 18 heavy (non-hydrogen) atoms. The summed E-state index contributed by atoms with van der Waals surface area (Å²) >= 11 is 0. The van der Waals surface area contributed by atoms with E-state index in [2.05, 4.69) is 16.2 Å². The van der Waals surface area contributed by atoms with E-state index in [9.17, 15) is 4.79 Å². The minimum Gasteiger partial charge on any atom is -0.492 e. The number of hydrogen-bond donors (Lipinski definition) is 4. The summed E-state index contributed by atoms with van der Waals surface area (Å²) in [6.07, 6.45) is 0.423. The van der Waals surface area contributed by atoms with Gasteiger partial charge in [-0.15, -0.1) is 0 Å². The first kappa shape index (κ1) is 12.8. The van der Waals surface area contributed by atoms with Gasteiger partial charge in [0.1, 0.15) is 18.4 Å². The average Bonchev–Trinajstić information content (AvgIpc) is 2.82. The molecule has 1 fully saturated rings. The minimum atomic E-state index is -0.267. The Morgan fingerprint density at radius 2 is 2.17 bits per heavy atom. The molecule has 0 radical (unpaired) electrons. The van der Waals surface area contributed by atoms with Crippen LogP contribution in [0.4, 0.5) is 0 Å². The van der Waals surface area contributed by atoms with E-state index in [1.165, 1.54) is 0 Å². The second-order valence-electron chi connectivity index (χ2n) is 4.14. The maximum absolute atomic E-state index is 11.7. The van der Waals surface area contributed by atoms with Crippen LogP contribution < -0.4 is 26.6 Å². The Morgan fingerprint density at radius 3 is 2.83 bits per heavy atom. The SMILES string of the molecule is NC1CC(C(=O)NCCOc2ccccc2)NN1. The fraction of sp³-hybridized carbons (Fsp3) is 0.417. The van der Waals surface area contributed by atoms with E-state index in [4.69, 9.17) is 10.5 Å². The van der Waals surface area contributed by atoms with E-state index in [0.29, 0.717) is 19.6 Å². The molecule has 6 nitrogen and oxygen atoms in total. The van der Waals surface area contributed by atoms with Crippen molar-refractivity contribution in [2.45, 2.75) is 18.6 Å². The zero-order valence-electron chi connectivity index (χ0n) is 10.1. The first-order valence-corrected chi connectivity index (χ1v) is 5.98. The molecule has 0 aliphatic carbocycles. The molecule has 2 unspecified atom stereocenters. The summed E-state index contributed by atoms with van der Waals surface area (Å²) in [4.78, 5) is 11.7. The highest BCUT2D eigenvalue weighted by atomic mass is 16.5. The van der Waals surface area contributed by atoms with Crippen molar-refractivity contribution in [1.29, 1.82) is 0 Å². The molecule has 1 aromatic carbocycles. The number of hydrogen-bond acceptors (Lipinski definition) is 5. The predicted molar refractivity (Wildman–Crippen MR) is 67.6 cm³/mol. The zero-order valence-corrected chi connectivity index (χ0v) is 10.1. The molecule has 98 valence electrons. The van der Waals surface area contributed by atoms with Crippen LogP contribution in [0.25, 0.3) is 0 Å². The van der Waals surface area contributed by atoms with E-state index in [1.807, 2.05) is 30.3 Å². The molecule has 5 N–H and O–H groups in total. The number of nitrogens with one attached hydrogen (secondary N) is 3. The lowest BCUT2D eigenvalue weighted by molar-refractivity contribution is -0.123. The van der Waals surface area contributed by atoms with Gasteiger partial charge in [0.15, 0.2) is 0 Å². The molecule has 1 aromatic rings.